The first-order valence-electron chi connectivity index (χ1n) is 13.5. The number of urea groups is 1. The van der Waals surface area contributed by atoms with Gasteiger partial charge in [-0.3, -0.25) is 14.4 Å². The van der Waals surface area contributed by atoms with Crippen LogP contribution in [-0.4, -0.2) is 59.3 Å². The Balaban J connectivity index is 0.000000900. The van der Waals surface area contributed by atoms with Gasteiger partial charge in [0.15, 0.2) is 0 Å². The van der Waals surface area contributed by atoms with Gasteiger partial charge >= 0.3 is 24.1 Å². The average molecular weight is 631 g/mol. The molecule has 0 fully saturated rings. The molecule has 6 N–H and O–H groups in total. The van der Waals surface area contributed by atoms with Gasteiger partial charge in [0, 0.05) is 19.5 Å². The first-order valence-corrected chi connectivity index (χ1v) is 13.5. The van der Waals surface area contributed by atoms with Crippen molar-refractivity contribution in [2.75, 3.05) is 13.1 Å². The first kappa shape index (κ1) is 35.8. The number of benzene rings is 3. The van der Waals surface area contributed by atoms with E-state index in [-0.39, 0.29) is 25.9 Å². The molecule has 0 bridgehead atoms. The summed E-state index contributed by atoms with van der Waals surface area (Å²) in [5, 5.41) is 26.9. The molecule has 0 aliphatic rings. The summed E-state index contributed by atoms with van der Waals surface area (Å²) in [6.45, 7) is 2.14. The number of alkyl halides is 3. The Kier molecular flexibility index (Phi) is 14.0. The quantitative estimate of drug-likeness (QED) is 0.176. The number of carbonyl (C=O) groups is 5. The molecule has 0 aromatic heterocycles. The van der Waals surface area contributed by atoms with Crippen molar-refractivity contribution in [3.8, 4) is 11.1 Å². The second-order valence-electron chi connectivity index (χ2n) is 9.63. The third-order valence-electron chi connectivity index (χ3n) is 6.03. The maximum absolute atomic E-state index is 12.4. The molecule has 0 aliphatic heterocycles. The van der Waals surface area contributed by atoms with E-state index < -0.39 is 42.0 Å². The van der Waals surface area contributed by atoms with Crippen LogP contribution in [0.5, 0.6) is 0 Å². The minimum Gasteiger partial charge on any atom is -0.481 e. The Hall–Kier alpha value is -5.40. The largest absolute Gasteiger partial charge is 0.490 e. The summed E-state index contributed by atoms with van der Waals surface area (Å²) in [4.78, 5) is 56.7. The van der Waals surface area contributed by atoms with Crippen LogP contribution in [-0.2, 0) is 25.7 Å². The van der Waals surface area contributed by atoms with Crippen molar-refractivity contribution in [1.29, 1.82) is 0 Å². The number of hydrogen-bond donors (Lipinski definition) is 6. The highest BCUT2D eigenvalue weighted by atomic mass is 19.4. The van der Waals surface area contributed by atoms with E-state index in [0.717, 1.165) is 22.3 Å². The summed E-state index contributed by atoms with van der Waals surface area (Å²) < 4.78 is 31.7. The zero-order valence-corrected chi connectivity index (χ0v) is 24.2. The number of carbonyl (C=O) groups excluding carboxylic acids is 3. The van der Waals surface area contributed by atoms with E-state index in [1.54, 1.807) is 12.1 Å². The van der Waals surface area contributed by atoms with Gasteiger partial charge in [0.1, 0.15) is 0 Å². The fraction of sp³-hybridized carbons (Fsp3) is 0.258. The number of carboxylic acid groups (broad SMARTS) is 2. The van der Waals surface area contributed by atoms with Crippen molar-refractivity contribution in [1.82, 2.24) is 21.3 Å². The van der Waals surface area contributed by atoms with Gasteiger partial charge in [-0.15, -0.1) is 0 Å². The van der Waals surface area contributed by atoms with Crippen LogP contribution in [0.15, 0.2) is 78.9 Å². The predicted molar refractivity (Wildman–Crippen MR) is 158 cm³/mol. The first-order chi connectivity index (χ1) is 21.2. The van der Waals surface area contributed by atoms with E-state index in [1.165, 1.54) is 0 Å². The van der Waals surface area contributed by atoms with E-state index in [2.05, 4.69) is 21.3 Å². The molecule has 1 atom stereocenters. The normalized spacial score (nSPS) is 11.2. The maximum Gasteiger partial charge on any atom is 0.490 e. The van der Waals surface area contributed by atoms with Gasteiger partial charge < -0.3 is 31.5 Å². The second kappa shape index (κ2) is 17.7. The lowest BCUT2D eigenvalue weighted by Crippen LogP contribution is -2.41. The van der Waals surface area contributed by atoms with Crippen molar-refractivity contribution < 1.29 is 47.4 Å². The molecular formula is C31H33F3N4O7. The lowest BCUT2D eigenvalue weighted by atomic mass is 9.99. The molecule has 11 nitrogen and oxygen atoms in total. The maximum atomic E-state index is 12.4. The van der Waals surface area contributed by atoms with Crippen molar-refractivity contribution in [2.24, 2.45) is 0 Å². The standard InChI is InChI=1S/C29H32N4O5.C2HF3O2/c1-20-7-9-21(10-8-20)18-32-29(38)30-16-15-26(34)31-19-27(35)33-25(17-28(36)37)24-13-11-23(12-14-24)22-5-3-2-4-6-22;3-2(4,5)1(6)7/h2-14,25H,15-19H2,1H3,(H,31,34)(H,33,35)(H,36,37)(H2,30,32,38);(H,6,7). The third-order valence-corrected chi connectivity index (χ3v) is 6.03. The van der Waals surface area contributed by atoms with E-state index in [4.69, 9.17) is 9.90 Å². The molecule has 14 heteroatoms. The summed E-state index contributed by atoms with van der Waals surface area (Å²) in [5.41, 5.74) is 4.74. The molecule has 0 heterocycles. The molecule has 3 aromatic carbocycles. The molecule has 0 aliphatic carbocycles. The Labute approximate surface area is 256 Å². The molecule has 240 valence electrons. The van der Waals surface area contributed by atoms with Crippen LogP contribution in [0.3, 0.4) is 0 Å². The zero-order chi connectivity index (χ0) is 33.4. The summed E-state index contributed by atoms with van der Waals surface area (Å²) in [5.74, 6) is -4.74. The monoisotopic (exact) mass is 630 g/mol. The number of amides is 4. The molecule has 0 saturated carbocycles. The van der Waals surface area contributed by atoms with Crippen LogP contribution in [0.2, 0.25) is 0 Å². The summed E-state index contributed by atoms with van der Waals surface area (Å²) >= 11 is 0. The number of aliphatic carboxylic acids is 2. The van der Waals surface area contributed by atoms with Crippen LogP contribution in [0, 0.1) is 6.92 Å². The highest BCUT2D eigenvalue weighted by Crippen LogP contribution is 2.23. The van der Waals surface area contributed by atoms with Gasteiger partial charge in [0.05, 0.1) is 19.0 Å². The minimum atomic E-state index is -5.08. The number of hydrogen-bond acceptors (Lipinski definition) is 5. The number of rotatable bonds is 12. The number of carboxylic acids is 2. The van der Waals surface area contributed by atoms with E-state index in [9.17, 15) is 37.5 Å². The summed E-state index contributed by atoms with van der Waals surface area (Å²) in [6, 6.07) is 23.7. The molecule has 0 radical (unpaired) electrons. The average Bonchev–Trinajstić information content (AvgIpc) is 2.99. The van der Waals surface area contributed by atoms with Gasteiger partial charge in [0.25, 0.3) is 0 Å². The summed E-state index contributed by atoms with van der Waals surface area (Å²) in [7, 11) is 0. The second-order valence-corrected chi connectivity index (χ2v) is 9.63. The Morgan fingerprint density at radius 1 is 0.756 bits per heavy atom. The molecule has 3 aromatic rings. The number of halogens is 3. The molecule has 1 unspecified atom stereocenters. The zero-order valence-electron chi connectivity index (χ0n) is 24.2. The Morgan fingerprint density at radius 3 is 1.89 bits per heavy atom. The van der Waals surface area contributed by atoms with Gasteiger partial charge in [-0.05, 0) is 29.2 Å². The SMILES string of the molecule is Cc1ccc(CNC(=O)NCCC(=O)NCC(=O)NC(CC(=O)O)c2ccc(-c3ccccc3)cc2)cc1.O=C(O)C(F)(F)F. The number of aryl methyl sites for hydroxylation is 1. The molecule has 0 saturated heterocycles. The molecule has 0 spiro atoms. The smallest absolute Gasteiger partial charge is 0.481 e. The fourth-order valence-corrected chi connectivity index (χ4v) is 3.72. The van der Waals surface area contributed by atoms with Crippen LogP contribution in [0.1, 0.15) is 35.6 Å². The molecule has 3 rings (SSSR count). The Bertz CT molecular complexity index is 1430. The Morgan fingerprint density at radius 2 is 1.33 bits per heavy atom. The molecular weight excluding hydrogens is 597 g/mol. The predicted octanol–water partition coefficient (Wildman–Crippen LogP) is 3.93. The lowest BCUT2D eigenvalue weighted by Gasteiger charge is -2.18. The van der Waals surface area contributed by atoms with E-state index in [0.29, 0.717) is 12.1 Å². The van der Waals surface area contributed by atoms with E-state index >= 15 is 0 Å². The minimum absolute atomic E-state index is 0.00919. The van der Waals surface area contributed by atoms with Crippen LogP contribution in [0.25, 0.3) is 11.1 Å². The van der Waals surface area contributed by atoms with Crippen molar-refractivity contribution >= 4 is 29.8 Å². The number of nitrogens with one attached hydrogen (secondary N) is 4. The topological polar surface area (TPSA) is 174 Å². The lowest BCUT2D eigenvalue weighted by molar-refractivity contribution is -0.192. The molecule has 4 amide bonds. The highest BCUT2D eigenvalue weighted by Gasteiger charge is 2.38. The summed E-state index contributed by atoms with van der Waals surface area (Å²) in [6.07, 6.45) is -5.39. The fourth-order valence-electron chi connectivity index (χ4n) is 3.72. The van der Waals surface area contributed by atoms with Gasteiger partial charge in [-0.25, -0.2) is 9.59 Å². The highest BCUT2D eigenvalue weighted by molar-refractivity contribution is 5.85. The van der Waals surface area contributed by atoms with Gasteiger partial charge in [-0.2, -0.15) is 13.2 Å². The van der Waals surface area contributed by atoms with Crippen LogP contribution >= 0.6 is 0 Å². The van der Waals surface area contributed by atoms with Crippen molar-refractivity contribution in [3.05, 3.63) is 95.6 Å². The van der Waals surface area contributed by atoms with Crippen molar-refractivity contribution in [2.45, 2.75) is 38.5 Å². The van der Waals surface area contributed by atoms with E-state index in [1.807, 2.05) is 73.7 Å². The van der Waals surface area contributed by atoms with Crippen LogP contribution in [0.4, 0.5) is 18.0 Å². The van der Waals surface area contributed by atoms with Gasteiger partial charge in [-0.1, -0.05) is 84.4 Å². The van der Waals surface area contributed by atoms with Crippen LogP contribution < -0.4 is 21.3 Å². The third kappa shape index (κ3) is 14.1. The van der Waals surface area contributed by atoms with Crippen molar-refractivity contribution in [3.63, 3.8) is 0 Å². The molecule has 45 heavy (non-hydrogen) atoms. The van der Waals surface area contributed by atoms with Gasteiger partial charge in [0.2, 0.25) is 11.8 Å².